The van der Waals surface area contributed by atoms with Gasteiger partial charge in [-0.25, -0.2) is 4.68 Å². The fourth-order valence-electron chi connectivity index (χ4n) is 4.88. The number of aromatic nitrogens is 6. The lowest BCUT2D eigenvalue weighted by molar-refractivity contribution is 0.0888. The fourth-order valence-corrected chi connectivity index (χ4v) is 4.88. The molecule has 182 valence electrons. The fraction of sp³-hybridized carbons (Fsp3) is 0.423. The van der Waals surface area contributed by atoms with Crippen molar-refractivity contribution in [3.63, 3.8) is 0 Å². The van der Waals surface area contributed by atoms with E-state index in [1.165, 1.54) is 0 Å². The van der Waals surface area contributed by atoms with Crippen LogP contribution in [0.1, 0.15) is 54.7 Å². The van der Waals surface area contributed by atoms with Crippen molar-refractivity contribution in [2.75, 3.05) is 6.61 Å². The third kappa shape index (κ3) is 5.31. The largest absolute Gasteiger partial charge is 0.376 e. The van der Waals surface area contributed by atoms with Crippen molar-refractivity contribution < 1.29 is 4.74 Å². The van der Waals surface area contributed by atoms with E-state index in [4.69, 9.17) is 4.74 Å². The number of nitrogens with one attached hydrogen (secondary N) is 1. The first-order valence-electron chi connectivity index (χ1n) is 12.2. The number of benzene rings is 1. The molecule has 2 atom stereocenters. The second-order valence-electron chi connectivity index (χ2n) is 9.26. The summed E-state index contributed by atoms with van der Waals surface area (Å²) in [6, 6.07) is 12.0. The average molecular weight is 474 g/mol. The third-order valence-electron chi connectivity index (χ3n) is 6.64. The van der Waals surface area contributed by atoms with Crippen LogP contribution in [-0.2, 0) is 24.4 Å². The summed E-state index contributed by atoms with van der Waals surface area (Å²) < 4.78 is 7.70. The van der Waals surface area contributed by atoms with Crippen molar-refractivity contribution in [3.05, 3.63) is 81.7 Å². The van der Waals surface area contributed by atoms with Crippen molar-refractivity contribution in [2.45, 2.75) is 64.9 Å². The molecule has 4 heterocycles. The van der Waals surface area contributed by atoms with Crippen LogP contribution in [0, 0.1) is 6.92 Å². The Morgan fingerprint density at radius 2 is 2.17 bits per heavy atom. The number of aromatic amines is 1. The zero-order valence-electron chi connectivity index (χ0n) is 20.2. The minimum Gasteiger partial charge on any atom is -0.376 e. The van der Waals surface area contributed by atoms with Crippen LogP contribution in [0.2, 0.25) is 0 Å². The Hall–Kier alpha value is -3.43. The SMILES string of the molecule is CC[C@@H](c1nnnn1C[C@@H]1CCCO1)N(Cc1cccnc1)Cc1cc2cc(C)ccc2[nH]c1=O. The molecule has 5 rings (SSSR count). The lowest BCUT2D eigenvalue weighted by Crippen LogP contribution is -2.33. The number of fused-ring (bicyclic) bond motifs is 1. The Balaban J connectivity index is 1.50. The molecule has 0 radical (unpaired) electrons. The molecule has 1 aromatic carbocycles. The van der Waals surface area contributed by atoms with Gasteiger partial charge in [-0.3, -0.25) is 14.7 Å². The third-order valence-corrected chi connectivity index (χ3v) is 6.64. The van der Waals surface area contributed by atoms with Gasteiger partial charge in [0.15, 0.2) is 5.82 Å². The van der Waals surface area contributed by atoms with Gasteiger partial charge in [-0.15, -0.1) is 5.10 Å². The molecule has 0 saturated carbocycles. The summed E-state index contributed by atoms with van der Waals surface area (Å²) in [7, 11) is 0. The van der Waals surface area contributed by atoms with Crippen LogP contribution in [0.4, 0.5) is 0 Å². The number of nitrogens with zero attached hydrogens (tertiary/aromatic N) is 6. The molecule has 1 fully saturated rings. The van der Waals surface area contributed by atoms with E-state index in [1.54, 1.807) is 6.20 Å². The van der Waals surface area contributed by atoms with Gasteiger partial charge in [-0.2, -0.15) is 0 Å². The monoisotopic (exact) mass is 473 g/mol. The predicted molar refractivity (Wildman–Crippen MR) is 133 cm³/mol. The Morgan fingerprint density at radius 3 is 2.94 bits per heavy atom. The molecule has 4 aromatic rings. The van der Waals surface area contributed by atoms with Crippen molar-refractivity contribution in [1.82, 2.24) is 35.1 Å². The molecule has 0 spiro atoms. The summed E-state index contributed by atoms with van der Waals surface area (Å²) in [5.74, 6) is 0.792. The molecule has 1 aliphatic rings. The number of hydrogen-bond acceptors (Lipinski definition) is 7. The molecule has 9 nitrogen and oxygen atoms in total. The van der Waals surface area contributed by atoms with Gasteiger partial charge >= 0.3 is 0 Å². The molecule has 9 heteroatoms. The van der Waals surface area contributed by atoms with Crippen molar-refractivity contribution in [2.24, 2.45) is 0 Å². The molecule has 1 N–H and O–H groups in total. The van der Waals surface area contributed by atoms with Gasteiger partial charge in [0, 0.05) is 43.2 Å². The van der Waals surface area contributed by atoms with E-state index in [0.29, 0.717) is 25.2 Å². The standard InChI is InChI=1S/C26H31N7O2/c1-3-24(25-29-30-31-33(25)17-22-7-5-11-35-22)32(15-19-6-4-10-27-14-19)16-21-13-20-12-18(2)8-9-23(20)28-26(21)34/h4,6,8-10,12-14,22,24H,3,5,7,11,15-17H2,1-2H3,(H,28,34)/t22-,24-/m0/s1. The van der Waals surface area contributed by atoms with E-state index in [2.05, 4.69) is 56.4 Å². The molecule has 1 aliphatic heterocycles. The van der Waals surface area contributed by atoms with Crippen LogP contribution in [0.3, 0.4) is 0 Å². The van der Waals surface area contributed by atoms with E-state index in [0.717, 1.165) is 53.7 Å². The van der Waals surface area contributed by atoms with Crippen LogP contribution >= 0.6 is 0 Å². The summed E-state index contributed by atoms with van der Waals surface area (Å²) in [5.41, 5.74) is 3.70. The van der Waals surface area contributed by atoms with Crippen molar-refractivity contribution >= 4 is 10.9 Å². The number of pyridine rings is 2. The number of ether oxygens (including phenoxy) is 1. The number of tetrazole rings is 1. The Labute approximate surface area is 204 Å². The highest BCUT2D eigenvalue weighted by Gasteiger charge is 2.28. The van der Waals surface area contributed by atoms with Gasteiger partial charge in [-0.05, 0) is 71.8 Å². The zero-order chi connectivity index (χ0) is 24.2. The van der Waals surface area contributed by atoms with Crippen LogP contribution in [0.15, 0.2) is 53.6 Å². The highest BCUT2D eigenvalue weighted by Crippen LogP contribution is 2.27. The summed E-state index contributed by atoms with van der Waals surface area (Å²) in [5, 5.41) is 13.7. The maximum Gasteiger partial charge on any atom is 0.252 e. The predicted octanol–water partition coefficient (Wildman–Crippen LogP) is 3.55. The van der Waals surface area contributed by atoms with Crippen LogP contribution in [-0.4, -0.2) is 47.8 Å². The van der Waals surface area contributed by atoms with Crippen LogP contribution < -0.4 is 5.56 Å². The maximum atomic E-state index is 13.0. The molecular formula is C26H31N7O2. The summed E-state index contributed by atoms with van der Waals surface area (Å²) in [6.45, 7) is 6.68. The van der Waals surface area contributed by atoms with Gasteiger partial charge in [0.05, 0.1) is 18.7 Å². The lowest BCUT2D eigenvalue weighted by Gasteiger charge is -2.30. The number of hydrogen-bond donors (Lipinski definition) is 1. The van der Waals surface area contributed by atoms with Crippen LogP contribution in [0.25, 0.3) is 10.9 Å². The number of rotatable bonds is 9. The Kier molecular flexibility index (Phi) is 6.96. The minimum atomic E-state index is -0.0841. The Morgan fingerprint density at radius 1 is 1.26 bits per heavy atom. The molecule has 3 aromatic heterocycles. The topological polar surface area (TPSA) is 102 Å². The van der Waals surface area contributed by atoms with Crippen LogP contribution in [0.5, 0.6) is 0 Å². The summed E-state index contributed by atoms with van der Waals surface area (Å²) in [4.78, 5) is 22.6. The van der Waals surface area contributed by atoms with Gasteiger partial charge in [-0.1, -0.05) is 24.6 Å². The van der Waals surface area contributed by atoms with Crippen molar-refractivity contribution in [3.8, 4) is 0 Å². The Bertz CT molecular complexity index is 1330. The first-order chi connectivity index (χ1) is 17.1. The first kappa shape index (κ1) is 23.3. The van der Waals surface area contributed by atoms with E-state index in [9.17, 15) is 4.79 Å². The van der Waals surface area contributed by atoms with Gasteiger partial charge in [0.2, 0.25) is 0 Å². The number of H-pyrrole nitrogens is 1. The van der Waals surface area contributed by atoms with E-state index in [1.807, 2.05) is 35.1 Å². The maximum absolute atomic E-state index is 13.0. The average Bonchev–Trinajstić information content (AvgIpc) is 3.54. The molecule has 0 bridgehead atoms. The number of aryl methyl sites for hydroxylation is 1. The zero-order valence-corrected chi connectivity index (χ0v) is 20.2. The molecule has 0 aliphatic carbocycles. The molecule has 35 heavy (non-hydrogen) atoms. The van der Waals surface area contributed by atoms with E-state index in [-0.39, 0.29) is 17.7 Å². The highest BCUT2D eigenvalue weighted by atomic mass is 16.5. The molecule has 0 amide bonds. The molecule has 1 saturated heterocycles. The quantitative estimate of drug-likeness (QED) is 0.397. The highest BCUT2D eigenvalue weighted by molar-refractivity contribution is 5.79. The molecular weight excluding hydrogens is 442 g/mol. The first-order valence-corrected chi connectivity index (χ1v) is 12.2. The normalized spacial score (nSPS) is 16.8. The van der Waals surface area contributed by atoms with Crippen molar-refractivity contribution in [1.29, 1.82) is 0 Å². The minimum absolute atomic E-state index is 0.0775. The lowest BCUT2D eigenvalue weighted by atomic mass is 10.1. The molecule has 0 unspecified atom stereocenters. The summed E-state index contributed by atoms with van der Waals surface area (Å²) >= 11 is 0. The smallest absolute Gasteiger partial charge is 0.252 e. The van der Waals surface area contributed by atoms with E-state index >= 15 is 0 Å². The van der Waals surface area contributed by atoms with Gasteiger partial charge < -0.3 is 9.72 Å². The van der Waals surface area contributed by atoms with Gasteiger partial charge in [0.25, 0.3) is 5.56 Å². The second-order valence-corrected chi connectivity index (χ2v) is 9.26. The summed E-state index contributed by atoms with van der Waals surface area (Å²) in [6.07, 6.45) is 6.63. The van der Waals surface area contributed by atoms with E-state index < -0.39 is 0 Å². The second kappa shape index (κ2) is 10.5. The van der Waals surface area contributed by atoms with Gasteiger partial charge in [0.1, 0.15) is 0 Å².